The molecule has 0 atom stereocenters. The van der Waals surface area contributed by atoms with Crippen LogP contribution < -0.4 is 0 Å². The van der Waals surface area contributed by atoms with Gasteiger partial charge >= 0.3 is 0 Å². The predicted octanol–water partition coefficient (Wildman–Crippen LogP) is 2.02. The normalized spacial score (nSPS) is 10.9. The number of halogens is 1. The van der Waals surface area contributed by atoms with Crippen LogP contribution in [-0.4, -0.2) is 20.8 Å². The molecule has 6 heteroatoms. The van der Waals surface area contributed by atoms with E-state index >= 15 is 0 Å². The Morgan fingerprint density at radius 3 is 2.47 bits per heavy atom. The second-order valence-electron chi connectivity index (χ2n) is 3.05. The summed E-state index contributed by atoms with van der Waals surface area (Å²) >= 11 is 5.83. The van der Waals surface area contributed by atoms with Gasteiger partial charge in [-0.15, -0.1) is 0 Å². The lowest BCUT2D eigenvalue weighted by Gasteiger charge is -2.04. The van der Waals surface area contributed by atoms with Crippen molar-refractivity contribution in [3.05, 3.63) is 22.7 Å². The number of carbonyl (C=O) groups excluding carboxylic acids is 1. The molecule has 15 heavy (non-hydrogen) atoms. The number of aliphatic imine (C=N–C) groups is 1. The van der Waals surface area contributed by atoms with Crippen LogP contribution in [0.3, 0.4) is 0 Å². The van der Waals surface area contributed by atoms with E-state index in [2.05, 4.69) is 4.99 Å². The second kappa shape index (κ2) is 4.14. The molecule has 0 amide bonds. The maximum atomic E-state index is 11.3. The molecule has 0 saturated carbocycles. The van der Waals surface area contributed by atoms with E-state index in [1.807, 2.05) is 0 Å². The number of nitrogens with zero attached hydrogens (tertiary/aromatic N) is 1. The molecule has 0 radical (unpaired) electrons. The maximum absolute atomic E-state index is 11.3. The van der Waals surface area contributed by atoms with Crippen LogP contribution in [0.4, 0.5) is 5.69 Å². The van der Waals surface area contributed by atoms with E-state index in [1.54, 1.807) is 6.92 Å². The molecular weight excluding hydrogens is 238 g/mol. The minimum absolute atomic E-state index is 0.0819. The number of sulfone groups is 1. The topological polar surface area (TPSA) is 63.6 Å². The van der Waals surface area contributed by atoms with Crippen molar-refractivity contribution in [2.24, 2.45) is 4.99 Å². The Labute approximate surface area is 92.5 Å². The summed E-state index contributed by atoms with van der Waals surface area (Å²) in [5, 5.41) is 0.255. The van der Waals surface area contributed by atoms with Gasteiger partial charge in [-0.1, -0.05) is 11.6 Å². The molecule has 0 N–H and O–H groups in total. The molecule has 0 spiro atoms. The third kappa shape index (κ3) is 2.65. The Balaban J connectivity index is 3.56. The van der Waals surface area contributed by atoms with Crippen molar-refractivity contribution in [3.8, 4) is 0 Å². The Bertz CT molecular complexity index is 545. The third-order valence-electron chi connectivity index (χ3n) is 1.80. The first-order valence-electron chi connectivity index (χ1n) is 3.94. The minimum atomic E-state index is -3.33. The Kier molecular flexibility index (Phi) is 3.29. The van der Waals surface area contributed by atoms with Crippen molar-refractivity contribution < 1.29 is 13.2 Å². The number of hydrogen-bond donors (Lipinski definition) is 0. The van der Waals surface area contributed by atoms with E-state index in [0.717, 1.165) is 6.26 Å². The molecule has 80 valence electrons. The largest absolute Gasteiger partial charge is 0.240 e. The van der Waals surface area contributed by atoms with Gasteiger partial charge in [0.05, 0.1) is 15.6 Å². The van der Waals surface area contributed by atoms with Crippen molar-refractivity contribution in [1.29, 1.82) is 0 Å². The number of rotatable bonds is 2. The molecule has 4 nitrogen and oxygen atoms in total. The van der Waals surface area contributed by atoms with Gasteiger partial charge in [-0.2, -0.15) is 4.99 Å². The summed E-state index contributed by atoms with van der Waals surface area (Å²) < 4.78 is 22.5. The van der Waals surface area contributed by atoms with Gasteiger partial charge in [0, 0.05) is 6.26 Å². The van der Waals surface area contributed by atoms with Crippen LogP contribution in [0.1, 0.15) is 5.56 Å². The van der Waals surface area contributed by atoms with E-state index < -0.39 is 9.84 Å². The zero-order chi connectivity index (χ0) is 11.6. The fourth-order valence-corrected chi connectivity index (χ4v) is 1.93. The molecule has 0 aliphatic rings. The van der Waals surface area contributed by atoms with Crippen LogP contribution in [0.5, 0.6) is 0 Å². The Hall–Kier alpha value is -1.16. The van der Waals surface area contributed by atoms with Gasteiger partial charge < -0.3 is 0 Å². The van der Waals surface area contributed by atoms with Gasteiger partial charge in [-0.3, -0.25) is 0 Å². The zero-order valence-corrected chi connectivity index (χ0v) is 9.69. The first-order valence-corrected chi connectivity index (χ1v) is 6.21. The van der Waals surface area contributed by atoms with Gasteiger partial charge in [0.1, 0.15) is 0 Å². The summed E-state index contributed by atoms with van der Waals surface area (Å²) in [5.74, 6) is 0. The molecule has 0 saturated heterocycles. The van der Waals surface area contributed by atoms with Crippen molar-refractivity contribution >= 4 is 33.2 Å². The molecule has 1 aromatic carbocycles. The van der Waals surface area contributed by atoms with Gasteiger partial charge in [0.2, 0.25) is 6.08 Å². The van der Waals surface area contributed by atoms with Crippen LogP contribution in [0.25, 0.3) is 0 Å². The Morgan fingerprint density at radius 1 is 1.40 bits per heavy atom. The molecule has 0 aromatic heterocycles. The SMILES string of the molecule is Cc1cc(S(C)(=O)=O)cc(N=C=O)c1Cl. The monoisotopic (exact) mass is 245 g/mol. The highest BCUT2D eigenvalue weighted by atomic mass is 35.5. The molecule has 0 aliphatic carbocycles. The van der Waals surface area contributed by atoms with Crippen LogP contribution in [0.2, 0.25) is 5.02 Å². The summed E-state index contributed by atoms with van der Waals surface area (Å²) in [5.41, 5.74) is 0.667. The van der Waals surface area contributed by atoms with Crippen molar-refractivity contribution in [2.45, 2.75) is 11.8 Å². The van der Waals surface area contributed by atoms with Crippen LogP contribution in [0, 0.1) is 6.92 Å². The predicted molar refractivity (Wildman–Crippen MR) is 57.1 cm³/mol. The number of hydrogen-bond acceptors (Lipinski definition) is 4. The smallest absolute Gasteiger partial charge is 0.224 e. The van der Waals surface area contributed by atoms with E-state index in [1.165, 1.54) is 18.2 Å². The van der Waals surface area contributed by atoms with Crippen molar-refractivity contribution in [3.63, 3.8) is 0 Å². The number of benzene rings is 1. The molecule has 1 aromatic rings. The highest BCUT2D eigenvalue weighted by Gasteiger charge is 2.12. The first kappa shape index (κ1) is 11.9. The lowest BCUT2D eigenvalue weighted by Crippen LogP contribution is -1.97. The summed E-state index contributed by atoms with van der Waals surface area (Å²) in [6.45, 7) is 1.64. The fourth-order valence-electron chi connectivity index (χ4n) is 1.06. The van der Waals surface area contributed by atoms with Crippen molar-refractivity contribution in [1.82, 2.24) is 0 Å². The van der Waals surface area contributed by atoms with E-state index in [4.69, 9.17) is 11.6 Å². The highest BCUT2D eigenvalue weighted by molar-refractivity contribution is 7.90. The van der Waals surface area contributed by atoms with Crippen LogP contribution in [-0.2, 0) is 14.6 Å². The molecule has 0 heterocycles. The summed E-state index contributed by atoms with van der Waals surface area (Å²) in [6, 6.07) is 2.68. The standard InChI is InChI=1S/C9H8ClNO3S/c1-6-3-7(15(2,13)14)4-8(9(6)10)11-5-12/h3-4H,1-2H3. The summed E-state index contributed by atoms with van der Waals surface area (Å²) in [4.78, 5) is 13.5. The summed E-state index contributed by atoms with van der Waals surface area (Å²) in [7, 11) is -3.33. The fraction of sp³-hybridized carbons (Fsp3) is 0.222. The molecular formula is C9H8ClNO3S. The lowest BCUT2D eigenvalue weighted by molar-refractivity contribution is 0.565. The minimum Gasteiger partial charge on any atom is -0.224 e. The third-order valence-corrected chi connectivity index (χ3v) is 3.39. The van der Waals surface area contributed by atoms with Crippen LogP contribution >= 0.6 is 11.6 Å². The average molecular weight is 246 g/mol. The molecule has 0 bridgehead atoms. The van der Waals surface area contributed by atoms with Crippen molar-refractivity contribution in [2.75, 3.05) is 6.26 Å². The van der Waals surface area contributed by atoms with E-state index in [-0.39, 0.29) is 15.6 Å². The summed E-state index contributed by atoms with van der Waals surface area (Å²) in [6.07, 6.45) is 2.40. The Morgan fingerprint density at radius 2 is 2.00 bits per heavy atom. The van der Waals surface area contributed by atoms with Gasteiger partial charge in [0.25, 0.3) is 0 Å². The molecule has 1 rings (SSSR count). The van der Waals surface area contributed by atoms with Gasteiger partial charge in [0.15, 0.2) is 9.84 Å². The highest BCUT2D eigenvalue weighted by Crippen LogP contribution is 2.31. The molecule has 0 unspecified atom stereocenters. The van der Waals surface area contributed by atoms with Crippen LogP contribution in [0.15, 0.2) is 22.0 Å². The maximum Gasteiger partial charge on any atom is 0.240 e. The molecule has 0 fully saturated rings. The number of isocyanates is 1. The van der Waals surface area contributed by atoms with Gasteiger partial charge in [-0.25, -0.2) is 13.2 Å². The number of aryl methyl sites for hydroxylation is 1. The zero-order valence-electron chi connectivity index (χ0n) is 8.11. The van der Waals surface area contributed by atoms with E-state index in [9.17, 15) is 13.2 Å². The van der Waals surface area contributed by atoms with Gasteiger partial charge in [-0.05, 0) is 24.6 Å². The second-order valence-corrected chi connectivity index (χ2v) is 5.44. The quantitative estimate of drug-likeness (QED) is 0.592. The van der Waals surface area contributed by atoms with E-state index in [0.29, 0.717) is 5.56 Å². The molecule has 0 aliphatic heterocycles. The average Bonchev–Trinajstić information content (AvgIpc) is 2.11. The first-order chi connectivity index (χ1) is 6.86. The lowest BCUT2D eigenvalue weighted by atomic mass is 10.2.